The van der Waals surface area contributed by atoms with Crippen LogP contribution in [0.3, 0.4) is 0 Å². The molecule has 168 valence electrons. The lowest BCUT2D eigenvalue weighted by Crippen LogP contribution is -2.30. The minimum Gasteiger partial charge on any atom is -0.311 e. The summed E-state index contributed by atoms with van der Waals surface area (Å²) < 4.78 is 39.3. The van der Waals surface area contributed by atoms with Crippen LogP contribution in [-0.4, -0.2) is 9.97 Å². The van der Waals surface area contributed by atoms with Crippen molar-refractivity contribution in [3.63, 3.8) is 0 Å². The van der Waals surface area contributed by atoms with Gasteiger partial charge in [-0.15, -0.1) is 0 Å². The molecule has 7 heteroatoms. The second kappa shape index (κ2) is 8.81. The molecule has 0 spiro atoms. The van der Waals surface area contributed by atoms with Crippen molar-refractivity contribution in [2.45, 2.75) is 57.0 Å². The van der Waals surface area contributed by atoms with Gasteiger partial charge in [0.2, 0.25) is 0 Å². The van der Waals surface area contributed by atoms with Gasteiger partial charge in [-0.05, 0) is 61.6 Å². The average molecular weight is 442 g/mol. The molecule has 1 aromatic heterocycles. The van der Waals surface area contributed by atoms with Gasteiger partial charge in [0.05, 0.1) is 5.56 Å². The number of aryl methyl sites for hydroxylation is 1. The summed E-state index contributed by atoms with van der Waals surface area (Å²) in [7, 11) is 0. The van der Waals surface area contributed by atoms with E-state index in [1.807, 2.05) is 0 Å². The lowest BCUT2D eigenvalue weighted by molar-refractivity contribution is -0.137. The molecule has 1 saturated carbocycles. The summed E-state index contributed by atoms with van der Waals surface area (Å²) >= 11 is 0. The lowest BCUT2D eigenvalue weighted by atomic mass is 9.76. The Hall–Kier alpha value is -3.09. The van der Waals surface area contributed by atoms with Gasteiger partial charge >= 0.3 is 11.9 Å². The smallest absolute Gasteiger partial charge is 0.311 e. The van der Waals surface area contributed by atoms with Gasteiger partial charge < -0.3 is 4.98 Å². The average Bonchev–Trinajstić information content (AvgIpc) is 2.76. The van der Waals surface area contributed by atoms with Crippen molar-refractivity contribution >= 4 is 0 Å². The van der Waals surface area contributed by atoms with E-state index >= 15 is 0 Å². The molecular formula is C25H25F3N2O2. The van der Waals surface area contributed by atoms with E-state index in [0.717, 1.165) is 37.8 Å². The monoisotopic (exact) mass is 442 g/mol. The maximum absolute atomic E-state index is 13.1. The van der Waals surface area contributed by atoms with Gasteiger partial charge in [0.25, 0.3) is 5.56 Å². The molecule has 32 heavy (non-hydrogen) atoms. The molecule has 1 aliphatic rings. The Morgan fingerprint density at radius 2 is 1.56 bits per heavy atom. The van der Waals surface area contributed by atoms with E-state index in [9.17, 15) is 22.8 Å². The highest BCUT2D eigenvalue weighted by Gasteiger charge is 2.31. The number of hydrogen-bond acceptors (Lipinski definition) is 2. The largest absolute Gasteiger partial charge is 0.416 e. The van der Waals surface area contributed by atoms with E-state index in [1.165, 1.54) is 17.2 Å². The Bertz CT molecular complexity index is 1200. The highest BCUT2D eigenvalue weighted by atomic mass is 19.4. The molecule has 0 atom stereocenters. The van der Waals surface area contributed by atoms with Crippen molar-refractivity contribution < 1.29 is 13.2 Å². The maximum Gasteiger partial charge on any atom is 0.416 e. The van der Waals surface area contributed by atoms with Gasteiger partial charge in [-0.3, -0.25) is 9.78 Å². The van der Waals surface area contributed by atoms with Gasteiger partial charge in [0.15, 0.2) is 0 Å². The van der Waals surface area contributed by atoms with Crippen LogP contribution < -0.4 is 11.2 Å². The van der Waals surface area contributed by atoms with E-state index in [1.54, 1.807) is 6.07 Å². The Balaban J connectivity index is 1.58. The van der Waals surface area contributed by atoms with Crippen LogP contribution in [0.1, 0.15) is 71.0 Å². The Morgan fingerprint density at radius 3 is 2.22 bits per heavy atom. The summed E-state index contributed by atoms with van der Waals surface area (Å²) in [5.74, 6) is 0.417. The van der Waals surface area contributed by atoms with Gasteiger partial charge in [-0.25, -0.2) is 4.79 Å². The number of rotatable bonds is 4. The van der Waals surface area contributed by atoms with Crippen LogP contribution in [0.15, 0.2) is 58.1 Å². The number of alkyl halides is 3. The molecule has 0 saturated heterocycles. The molecule has 1 heterocycles. The SMILES string of the molecule is Cc1ccc(C2CCC(c3[nH]c(=O)[nH]c(=O)c3Cc3cccc(C(F)(F)F)c3)CC2)cc1. The van der Waals surface area contributed by atoms with Crippen LogP contribution >= 0.6 is 0 Å². The first-order valence-electron chi connectivity index (χ1n) is 10.8. The normalized spacial score (nSPS) is 19.1. The molecule has 0 bridgehead atoms. The van der Waals surface area contributed by atoms with Gasteiger partial charge in [0.1, 0.15) is 0 Å². The topological polar surface area (TPSA) is 65.7 Å². The quantitative estimate of drug-likeness (QED) is 0.566. The van der Waals surface area contributed by atoms with Crippen molar-refractivity contribution in [3.8, 4) is 0 Å². The zero-order valence-electron chi connectivity index (χ0n) is 17.8. The fraction of sp³-hybridized carbons (Fsp3) is 0.360. The number of nitrogens with one attached hydrogen (secondary N) is 2. The predicted octanol–water partition coefficient (Wildman–Crippen LogP) is 5.42. The zero-order chi connectivity index (χ0) is 22.9. The fourth-order valence-corrected chi connectivity index (χ4v) is 4.67. The molecule has 1 aliphatic carbocycles. The third kappa shape index (κ3) is 4.87. The van der Waals surface area contributed by atoms with Crippen molar-refractivity contribution in [3.05, 3.63) is 103 Å². The van der Waals surface area contributed by atoms with Crippen molar-refractivity contribution in [1.82, 2.24) is 9.97 Å². The molecule has 1 fully saturated rings. The minimum absolute atomic E-state index is 0.00695. The number of hydrogen-bond donors (Lipinski definition) is 2. The van der Waals surface area contributed by atoms with Crippen LogP contribution in [0.4, 0.5) is 13.2 Å². The number of benzene rings is 2. The minimum atomic E-state index is -4.45. The van der Waals surface area contributed by atoms with E-state index in [-0.39, 0.29) is 12.3 Å². The number of halogens is 3. The summed E-state index contributed by atoms with van der Waals surface area (Å²) in [4.78, 5) is 29.6. The first kappa shape index (κ1) is 22.1. The molecule has 0 amide bonds. The molecule has 4 nitrogen and oxygen atoms in total. The third-order valence-corrected chi connectivity index (χ3v) is 6.39. The lowest BCUT2D eigenvalue weighted by Gasteiger charge is -2.29. The molecular weight excluding hydrogens is 417 g/mol. The van der Waals surface area contributed by atoms with E-state index < -0.39 is 23.0 Å². The maximum atomic E-state index is 13.1. The van der Waals surface area contributed by atoms with Crippen LogP contribution in [0.2, 0.25) is 0 Å². The molecule has 2 N–H and O–H groups in total. The second-order valence-corrected chi connectivity index (χ2v) is 8.63. The number of H-pyrrole nitrogens is 2. The van der Waals surface area contributed by atoms with E-state index in [0.29, 0.717) is 22.7 Å². The Kier molecular flexibility index (Phi) is 6.09. The molecule has 3 aromatic rings. The highest BCUT2D eigenvalue weighted by molar-refractivity contribution is 5.33. The molecule has 2 aromatic carbocycles. The van der Waals surface area contributed by atoms with Gasteiger partial charge in [-0.2, -0.15) is 13.2 Å². The summed E-state index contributed by atoms with van der Waals surface area (Å²) in [6, 6.07) is 13.5. The summed E-state index contributed by atoms with van der Waals surface area (Å²) in [6.07, 6.45) is -0.980. The van der Waals surface area contributed by atoms with Crippen LogP contribution in [0.5, 0.6) is 0 Å². The summed E-state index contributed by atoms with van der Waals surface area (Å²) in [5.41, 5.74) is 1.89. The van der Waals surface area contributed by atoms with Gasteiger partial charge in [-0.1, -0.05) is 48.0 Å². The first-order valence-corrected chi connectivity index (χ1v) is 10.8. The fourth-order valence-electron chi connectivity index (χ4n) is 4.67. The standard InChI is InChI=1S/C25H25F3N2O2/c1-15-5-7-17(8-6-15)18-9-11-19(12-10-18)22-21(23(31)30-24(32)29-22)14-16-3-2-4-20(13-16)25(26,27)28/h2-8,13,18-19H,9-12,14H2,1H3,(H2,29,30,31,32). The molecule has 0 unspecified atom stereocenters. The van der Waals surface area contributed by atoms with E-state index in [4.69, 9.17) is 0 Å². The van der Waals surface area contributed by atoms with Crippen LogP contribution in [-0.2, 0) is 12.6 Å². The summed E-state index contributed by atoms with van der Waals surface area (Å²) in [6.45, 7) is 2.05. The number of aromatic nitrogens is 2. The van der Waals surface area contributed by atoms with Crippen molar-refractivity contribution in [2.24, 2.45) is 0 Å². The molecule has 0 radical (unpaired) electrons. The highest BCUT2D eigenvalue weighted by Crippen LogP contribution is 2.40. The first-order chi connectivity index (χ1) is 15.2. The zero-order valence-corrected chi connectivity index (χ0v) is 17.8. The van der Waals surface area contributed by atoms with Crippen LogP contribution in [0, 0.1) is 6.92 Å². The molecule has 0 aliphatic heterocycles. The molecule has 4 rings (SSSR count). The van der Waals surface area contributed by atoms with Gasteiger partial charge in [0, 0.05) is 17.7 Å². The Morgan fingerprint density at radius 1 is 0.906 bits per heavy atom. The predicted molar refractivity (Wildman–Crippen MR) is 117 cm³/mol. The Labute approximate surface area is 183 Å². The van der Waals surface area contributed by atoms with E-state index in [2.05, 4.69) is 41.2 Å². The second-order valence-electron chi connectivity index (χ2n) is 8.63. The number of aromatic amines is 2. The third-order valence-electron chi connectivity index (χ3n) is 6.39. The van der Waals surface area contributed by atoms with Crippen molar-refractivity contribution in [2.75, 3.05) is 0 Å². The van der Waals surface area contributed by atoms with Crippen molar-refractivity contribution in [1.29, 1.82) is 0 Å². The summed E-state index contributed by atoms with van der Waals surface area (Å²) in [5, 5.41) is 0. The van der Waals surface area contributed by atoms with Crippen LogP contribution in [0.25, 0.3) is 0 Å².